The van der Waals surface area contributed by atoms with Crippen molar-refractivity contribution in [1.29, 1.82) is 0 Å². The molecule has 0 radical (unpaired) electrons. The van der Waals surface area contributed by atoms with Gasteiger partial charge in [0.2, 0.25) is 5.91 Å². The van der Waals surface area contributed by atoms with Crippen molar-refractivity contribution in [3.05, 3.63) is 50.6 Å². The van der Waals surface area contributed by atoms with E-state index in [1.165, 1.54) is 23.3 Å². The van der Waals surface area contributed by atoms with Gasteiger partial charge in [-0.2, -0.15) is 0 Å². The number of nitrogens with zero attached hydrogens (tertiary/aromatic N) is 2. The Morgan fingerprint density at radius 1 is 1.18 bits per heavy atom. The summed E-state index contributed by atoms with van der Waals surface area (Å²) in [7, 11) is 1.69. The molecule has 3 atom stereocenters. The summed E-state index contributed by atoms with van der Waals surface area (Å²) >= 11 is 7.06. The molecule has 2 saturated heterocycles. The molecule has 2 aliphatic rings. The van der Waals surface area contributed by atoms with Crippen molar-refractivity contribution in [2.24, 2.45) is 0 Å². The fraction of sp³-hybridized carbons (Fsp3) is 0.476. The number of halogens is 1. The maximum Gasteiger partial charge on any atom is 0.236 e. The normalized spacial score (nSPS) is 24.1. The molecule has 0 N–H and O–H groups in total. The van der Waals surface area contributed by atoms with Crippen LogP contribution in [0.4, 0.5) is 0 Å². The maximum atomic E-state index is 13.0. The van der Waals surface area contributed by atoms with Crippen molar-refractivity contribution in [2.75, 3.05) is 26.7 Å². The zero-order valence-electron chi connectivity index (χ0n) is 16.1. The Morgan fingerprint density at radius 2 is 1.89 bits per heavy atom. The van der Waals surface area contributed by atoms with Crippen LogP contribution in [0.15, 0.2) is 40.2 Å². The van der Waals surface area contributed by atoms with Gasteiger partial charge in [0.1, 0.15) is 11.1 Å². The average molecular weight is 481 g/mol. The molecule has 0 aliphatic carbocycles. The minimum absolute atomic E-state index is 0.000899. The second-order valence-electron chi connectivity index (χ2n) is 7.30. The van der Waals surface area contributed by atoms with Crippen LogP contribution in [0.1, 0.15) is 41.6 Å². The number of ether oxygens (including phenoxy) is 1. The summed E-state index contributed by atoms with van der Waals surface area (Å²) in [6.07, 6.45) is 2.46. The first-order valence-electron chi connectivity index (χ1n) is 9.66. The molecule has 1 aromatic heterocycles. The highest BCUT2D eigenvalue weighted by Gasteiger charge is 2.41. The summed E-state index contributed by atoms with van der Waals surface area (Å²) in [6.45, 7) is 4.94. The Labute approximate surface area is 183 Å². The Hall–Kier alpha value is -1.02. The van der Waals surface area contributed by atoms with E-state index < -0.39 is 0 Å². The number of amides is 1. The Bertz CT molecular complexity index is 820. The molecular weight excluding hydrogens is 456 g/mol. The number of rotatable bonds is 6. The van der Waals surface area contributed by atoms with E-state index in [4.69, 9.17) is 4.74 Å². The van der Waals surface area contributed by atoms with E-state index >= 15 is 0 Å². The maximum absolute atomic E-state index is 13.0. The van der Waals surface area contributed by atoms with Gasteiger partial charge in [-0.15, -0.1) is 23.1 Å². The van der Waals surface area contributed by atoms with Crippen molar-refractivity contribution < 1.29 is 9.53 Å². The first-order chi connectivity index (χ1) is 13.6. The van der Waals surface area contributed by atoms with Crippen LogP contribution in [-0.4, -0.2) is 47.7 Å². The van der Waals surface area contributed by atoms with Gasteiger partial charge in [-0.25, -0.2) is 0 Å². The zero-order chi connectivity index (χ0) is 19.7. The molecule has 28 heavy (non-hydrogen) atoms. The van der Waals surface area contributed by atoms with E-state index in [2.05, 4.69) is 50.0 Å². The Kier molecular flexibility index (Phi) is 6.35. The fourth-order valence-electron chi connectivity index (χ4n) is 4.04. The topological polar surface area (TPSA) is 32.8 Å². The van der Waals surface area contributed by atoms with Crippen LogP contribution in [0.3, 0.4) is 0 Å². The van der Waals surface area contributed by atoms with Gasteiger partial charge in [0.25, 0.3) is 0 Å². The van der Waals surface area contributed by atoms with Gasteiger partial charge in [0, 0.05) is 11.4 Å². The number of benzene rings is 1. The smallest absolute Gasteiger partial charge is 0.236 e. The molecule has 0 unspecified atom stereocenters. The quantitative estimate of drug-likeness (QED) is 0.559. The van der Waals surface area contributed by atoms with Crippen LogP contribution >= 0.6 is 39.0 Å². The van der Waals surface area contributed by atoms with Crippen molar-refractivity contribution in [2.45, 2.75) is 36.4 Å². The first-order valence-corrected chi connectivity index (χ1v) is 12.2. The molecule has 4 rings (SSSR count). The molecular formula is C21H25BrN2O2S2. The lowest BCUT2D eigenvalue weighted by atomic mass is 10.0. The lowest BCUT2D eigenvalue weighted by Crippen LogP contribution is -2.39. The minimum Gasteiger partial charge on any atom is -0.497 e. The van der Waals surface area contributed by atoms with Crippen LogP contribution in [0, 0.1) is 0 Å². The third-order valence-electron chi connectivity index (χ3n) is 5.54. The highest BCUT2D eigenvalue weighted by atomic mass is 79.9. The standard InChI is InChI=1S/C21H25BrN2O2S2/c1-14-20(25)24(21(27-14)18-9-10-19(22)28-18)13-17(23-11-3-4-12-23)15-5-7-16(26-2)8-6-15/h5-10,14,17,21H,3-4,11-13H2,1-2H3/t14-,17-,21-/m0/s1. The Balaban J connectivity index is 1.62. The molecule has 3 heterocycles. The van der Waals surface area contributed by atoms with Gasteiger partial charge in [0.05, 0.1) is 22.2 Å². The van der Waals surface area contributed by atoms with E-state index in [0.29, 0.717) is 0 Å². The summed E-state index contributed by atoms with van der Waals surface area (Å²) in [5.74, 6) is 1.11. The van der Waals surface area contributed by atoms with Gasteiger partial charge in [0.15, 0.2) is 0 Å². The molecule has 0 bridgehead atoms. The van der Waals surface area contributed by atoms with Gasteiger partial charge < -0.3 is 9.64 Å². The molecule has 7 heteroatoms. The van der Waals surface area contributed by atoms with Gasteiger partial charge >= 0.3 is 0 Å². The highest BCUT2D eigenvalue weighted by molar-refractivity contribution is 9.11. The number of carbonyl (C=O) groups excluding carboxylic acids is 1. The molecule has 1 aromatic carbocycles. The van der Waals surface area contributed by atoms with Crippen molar-refractivity contribution in [3.8, 4) is 5.75 Å². The molecule has 0 saturated carbocycles. The van der Waals surface area contributed by atoms with Gasteiger partial charge in [-0.05, 0) is 78.6 Å². The molecule has 2 fully saturated rings. The van der Waals surface area contributed by atoms with E-state index in [1.54, 1.807) is 30.2 Å². The van der Waals surface area contributed by atoms with Crippen LogP contribution in [-0.2, 0) is 4.79 Å². The molecule has 4 nitrogen and oxygen atoms in total. The van der Waals surface area contributed by atoms with E-state index in [9.17, 15) is 4.79 Å². The largest absolute Gasteiger partial charge is 0.497 e. The summed E-state index contributed by atoms with van der Waals surface area (Å²) in [6, 6.07) is 12.8. The lowest BCUT2D eigenvalue weighted by molar-refractivity contribution is -0.130. The third-order valence-corrected chi connectivity index (χ3v) is 8.74. The van der Waals surface area contributed by atoms with Crippen molar-refractivity contribution >= 4 is 44.9 Å². The number of thiophene rings is 1. The highest BCUT2D eigenvalue weighted by Crippen LogP contribution is 2.47. The molecule has 2 aromatic rings. The number of methoxy groups -OCH3 is 1. The number of hydrogen-bond donors (Lipinski definition) is 0. The molecule has 0 spiro atoms. The zero-order valence-corrected chi connectivity index (χ0v) is 19.4. The number of carbonyl (C=O) groups is 1. The van der Waals surface area contributed by atoms with E-state index in [1.807, 2.05) is 19.1 Å². The molecule has 1 amide bonds. The third kappa shape index (κ3) is 4.13. The average Bonchev–Trinajstić information content (AvgIpc) is 3.43. The summed E-state index contributed by atoms with van der Waals surface area (Å²) in [4.78, 5) is 18.9. The van der Waals surface area contributed by atoms with Crippen molar-refractivity contribution in [1.82, 2.24) is 9.80 Å². The first kappa shape index (κ1) is 20.3. The summed E-state index contributed by atoms with van der Waals surface area (Å²) < 4.78 is 6.44. The minimum atomic E-state index is 0.000899. The van der Waals surface area contributed by atoms with Gasteiger partial charge in [-0.3, -0.25) is 9.69 Å². The Morgan fingerprint density at radius 3 is 2.50 bits per heavy atom. The summed E-state index contributed by atoms with van der Waals surface area (Å²) in [5.41, 5.74) is 1.26. The second-order valence-corrected chi connectivity index (χ2v) is 11.2. The molecule has 150 valence electrons. The van der Waals surface area contributed by atoms with Gasteiger partial charge in [-0.1, -0.05) is 12.1 Å². The van der Waals surface area contributed by atoms with Crippen LogP contribution in [0.2, 0.25) is 0 Å². The predicted molar refractivity (Wildman–Crippen MR) is 120 cm³/mol. The van der Waals surface area contributed by atoms with Crippen LogP contribution in [0.25, 0.3) is 0 Å². The number of hydrogen-bond acceptors (Lipinski definition) is 5. The predicted octanol–water partition coefficient (Wildman–Crippen LogP) is 5.32. The van der Waals surface area contributed by atoms with Crippen LogP contribution < -0.4 is 4.74 Å². The fourth-order valence-corrected chi connectivity index (χ4v) is 6.96. The SMILES string of the molecule is COc1ccc([C@H](CN2C(=O)[C@H](C)S[C@H]2c2ccc(Br)s2)N2CCCC2)cc1. The monoisotopic (exact) mass is 480 g/mol. The van der Waals surface area contributed by atoms with Crippen molar-refractivity contribution in [3.63, 3.8) is 0 Å². The lowest BCUT2D eigenvalue weighted by Gasteiger charge is -2.34. The summed E-state index contributed by atoms with van der Waals surface area (Å²) in [5, 5.41) is 0.100. The number of likely N-dealkylation sites (tertiary alicyclic amines) is 1. The molecule has 2 aliphatic heterocycles. The second kappa shape index (κ2) is 8.78. The van der Waals surface area contributed by atoms with Crippen LogP contribution in [0.5, 0.6) is 5.75 Å². The van der Waals surface area contributed by atoms with E-state index in [-0.39, 0.29) is 22.6 Å². The van der Waals surface area contributed by atoms with E-state index in [0.717, 1.165) is 29.2 Å². The number of thioether (sulfide) groups is 1.